The van der Waals surface area contributed by atoms with Crippen molar-refractivity contribution >= 4 is 17.6 Å². The molecule has 2 aromatic rings. The minimum absolute atomic E-state index is 0.0338. The molecule has 0 radical (unpaired) electrons. The van der Waals surface area contributed by atoms with Gasteiger partial charge in [0.05, 0.1) is 5.56 Å². The third-order valence-electron chi connectivity index (χ3n) is 6.58. The molecule has 0 spiro atoms. The predicted molar refractivity (Wildman–Crippen MR) is 122 cm³/mol. The van der Waals surface area contributed by atoms with Crippen LogP contribution >= 0.6 is 0 Å². The van der Waals surface area contributed by atoms with E-state index in [-0.39, 0.29) is 17.7 Å². The average molecular weight is 475 g/mol. The summed E-state index contributed by atoms with van der Waals surface area (Å²) in [4.78, 5) is 32.9. The lowest BCUT2D eigenvalue weighted by Crippen LogP contribution is -2.40. The van der Waals surface area contributed by atoms with Crippen LogP contribution in [0.2, 0.25) is 0 Å². The first-order chi connectivity index (χ1) is 16.3. The average Bonchev–Trinajstić information content (AvgIpc) is 2.87. The monoisotopic (exact) mass is 474 g/mol. The van der Waals surface area contributed by atoms with Crippen LogP contribution in [0.15, 0.2) is 42.6 Å². The van der Waals surface area contributed by atoms with Crippen molar-refractivity contribution in [3.8, 4) is 0 Å². The molecule has 2 aliphatic rings. The highest BCUT2D eigenvalue weighted by Gasteiger charge is 2.31. The molecule has 0 bridgehead atoms. The number of amides is 2. The molecule has 0 saturated carbocycles. The molecule has 2 fully saturated rings. The Morgan fingerprint density at radius 3 is 2.21 bits per heavy atom. The van der Waals surface area contributed by atoms with Crippen molar-refractivity contribution in [1.29, 1.82) is 0 Å². The first kappa shape index (κ1) is 24.0. The van der Waals surface area contributed by atoms with Crippen LogP contribution in [0.25, 0.3) is 0 Å². The number of carbonyl (C=O) groups is 2. The fourth-order valence-electron chi connectivity index (χ4n) is 4.49. The second-order valence-corrected chi connectivity index (χ2v) is 8.93. The zero-order valence-corrected chi connectivity index (χ0v) is 19.0. The van der Waals surface area contributed by atoms with Crippen LogP contribution in [0, 0.1) is 5.92 Å². The Morgan fingerprint density at radius 2 is 1.62 bits per heavy atom. The van der Waals surface area contributed by atoms with E-state index in [1.807, 2.05) is 34.1 Å². The molecule has 34 heavy (non-hydrogen) atoms. The summed E-state index contributed by atoms with van der Waals surface area (Å²) in [5.41, 5.74) is 0.825. The number of hydrogen-bond donors (Lipinski definition) is 1. The maximum absolute atomic E-state index is 12.7. The molecule has 182 valence electrons. The first-order valence-corrected chi connectivity index (χ1v) is 11.8. The third-order valence-corrected chi connectivity index (χ3v) is 6.58. The van der Waals surface area contributed by atoms with Gasteiger partial charge in [-0.05, 0) is 61.9 Å². The molecule has 1 aromatic carbocycles. The number of nitrogens with one attached hydrogen (secondary N) is 1. The number of hydrogen-bond acceptors (Lipinski definition) is 4. The van der Waals surface area contributed by atoms with Gasteiger partial charge in [-0.15, -0.1) is 0 Å². The highest BCUT2D eigenvalue weighted by molar-refractivity contribution is 5.94. The summed E-state index contributed by atoms with van der Waals surface area (Å²) < 4.78 is 38.1. The second kappa shape index (κ2) is 10.4. The molecular formula is C25H29F3N4O2. The summed E-state index contributed by atoms with van der Waals surface area (Å²) in [6.07, 6.45) is 0.938. The molecule has 6 nitrogen and oxygen atoms in total. The molecule has 4 rings (SSSR count). The predicted octanol–water partition coefficient (Wildman–Crippen LogP) is 4.26. The molecule has 3 heterocycles. The van der Waals surface area contributed by atoms with Crippen LogP contribution in [0.5, 0.6) is 0 Å². The molecular weight excluding hydrogens is 445 g/mol. The highest BCUT2D eigenvalue weighted by Crippen LogP contribution is 2.30. The Labute approximate surface area is 197 Å². The lowest BCUT2D eigenvalue weighted by Gasteiger charge is -2.32. The Kier molecular flexibility index (Phi) is 7.38. The van der Waals surface area contributed by atoms with Crippen molar-refractivity contribution in [2.24, 2.45) is 5.92 Å². The zero-order chi connectivity index (χ0) is 24.1. The van der Waals surface area contributed by atoms with Gasteiger partial charge in [0.1, 0.15) is 5.82 Å². The van der Waals surface area contributed by atoms with Crippen LogP contribution in [-0.2, 0) is 17.5 Å². The first-order valence-electron chi connectivity index (χ1n) is 11.8. The van der Waals surface area contributed by atoms with E-state index in [2.05, 4.69) is 10.3 Å². The SMILES string of the molecule is O=C(NCc1ccc(C(=O)N2CCCCC2)cc1)C1CCN(c2ccc(C(F)(F)F)cn2)CC1. The minimum Gasteiger partial charge on any atom is -0.357 e. The van der Waals surface area contributed by atoms with Gasteiger partial charge in [0.15, 0.2) is 0 Å². The second-order valence-electron chi connectivity index (χ2n) is 8.93. The maximum atomic E-state index is 12.7. The number of halogens is 3. The van der Waals surface area contributed by atoms with Crippen molar-refractivity contribution in [2.75, 3.05) is 31.1 Å². The molecule has 1 N–H and O–H groups in total. The molecule has 0 atom stereocenters. The van der Waals surface area contributed by atoms with E-state index in [9.17, 15) is 22.8 Å². The summed E-state index contributed by atoms with van der Waals surface area (Å²) in [7, 11) is 0. The van der Waals surface area contributed by atoms with Crippen LogP contribution in [-0.4, -0.2) is 47.9 Å². The number of anilines is 1. The van der Waals surface area contributed by atoms with E-state index in [0.29, 0.717) is 43.9 Å². The molecule has 2 aliphatic heterocycles. The largest absolute Gasteiger partial charge is 0.417 e. The molecule has 9 heteroatoms. The standard InChI is InChI=1S/C25H29F3N4O2/c26-25(27,28)21-8-9-22(29-17-21)31-14-10-19(11-15-31)23(33)30-16-18-4-6-20(7-5-18)24(34)32-12-2-1-3-13-32/h4-9,17,19H,1-3,10-16H2,(H,30,33). The fraction of sp³-hybridized carbons (Fsp3) is 0.480. The summed E-state index contributed by atoms with van der Waals surface area (Å²) in [5.74, 6) is 0.370. The van der Waals surface area contributed by atoms with Crippen LogP contribution in [0.4, 0.5) is 19.0 Å². The number of carbonyl (C=O) groups excluding carboxylic acids is 2. The van der Waals surface area contributed by atoms with E-state index in [4.69, 9.17) is 0 Å². The number of rotatable bonds is 5. The summed E-state index contributed by atoms with van der Waals surface area (Å²) in [6, 6.07) is 9.78. The number of alkyl halides is 3. The van der Waals surface area contributed by atoms with E-state index in [1.54, 1.807) is 0 Å². The van der Waals surface area contributed by atoms with Gasteiger partial charge in [-0.25, -0.2) is 4.98 Å². The van der Waals surface area contributed by atoms with E-state index < -0.39 is 11.7 Å². The Morgan fingerprint density at radius 1 is 0.941 bits per heavy atom. The minimum atomic E-state index is -4.40. The summed E-state index contributed by atoms with van der Waals surface area (Å²) in [6.45, 7) is 3.12. The molecule has 1 aromatic heterocycles. The summed E-state index contributed by atoms with van der Waals surface area (Å²) in [5, 5.41) is 2.97. The van der Waals surface area contributed by atoms with Gasteiger partial charge < -0.3 is 15.1 Å². The lowest BCUT2D eigenvalue weighted by atomic mass is 9.95. The molecule has 0 aliphatic carbocycles. The Bertz CT molecular complexity index is 979. The molecule has 0 unspecified atom stereocenters. The number of piperidine rings is 2. The van der Waals surface area contributed by atoms with Crippen LogP contribution < -0.4 is 10.2 Å². The lowest BCUT2D eigenvalue weighted by molar-refractivity contribution is -0.137. The van der Waals surface area contributed by atoms with Gasteiger partial charge in [-0.3, -0.25) is 9.59 Å². The number of nitrogens with zero attached hydrogens (tertiary/aromatic N) is 3. The van der Waals surface area contributed by atoms with E-state index in [0.717, 1.165) is 43.8 Å². The quantitative estimate of drug-likeness (QED) is 0.704. The topological polar surface area (TPSA) is 65.5 Å². The smallest absolute Gasteiger partial charge is 0.357 e. The number of likely N-dealkylation sites (tertiary alicyclic amines) is 1. The van der Waals surface area contributed by atoms with Crippen LogP contribution in [0.3, 0.4) is 0 Å². The normalized spacial score (nSPS) is 17.5. The Balaban J connectivity index is 1.23. The van der Waals surface area contributed by atoms with Gasteiger partial charge in [-0.1, -0.05) is 12.1 Å². The van der Waals surface area contributed by atoms with Crippen molar-refractivity contribution in [3.63, 3.8) is 0 Å². The van der Waals surface area contributed by atoms with Crippen LogP contribution in [0.1, 0.15) is 53.6 Å². The summed E-state index contributed by atoms with van der Waals surface area (Å²) >= 11 is 0. The van der Waals surface area contributed by atoms with Crippen molar-refractivity contribution in [1.82, 2.24) is 15.2 Å². The fourth-order valence-corrected chi connectivity index (χ4v) is 4.49. The van der Waals surface area contributed by atoms with Gasteiger partial charge in [0, 0.05) is 50.4 Å². The van der Waals surface area contributed by atoms with Gasteiger partial charge in [0.25, 0.3) is 5.91 Å². The van der Waals surface area contributed by atoms with Crippen molar-refractivity contribution in [3.05, 3.63) is 59.3 Å². The molecule has 2 saturated heterocycles. The third kappa shape index (κ3) is 5.87. The number of pyridine rings is 1. The highest BCUT2D eigenvalue weighted by atomic mass is 19.4. The Hall–Kier alpha value is -3.10. The van der Waals surface area contributed by atoms with Crippen molar-refractivity contribution in [2.45, 2.75) is 44.8 Å². The van der Waals surface area contributed by atoms with Gasteiger partial charge in [-0.2, -0.15) is 13.2 Å². The number of aromatic nitrogens is 1. The zero-order valence-electron chi connectivity index (χ0n) is 19.0. The van der Waals surface area contributed by atoms with E-state index in [1.165, 1.54) is 12.5 Å². The molecule has 2 amide bonds. The maximum Gasteiger partial charge on any atom is 0.417 e. The van der Waals surface area contributed by atoms with Crippen molar-refractivity contribution < 1.29 is 22.8 Å². The van der Waals surface area contributed by atoms with E-state index >= 15 is 0 Å². The van der Waals surface area contributed by atoms with Gasteiger partial charge in [0.2, 0.25) is 5.91 Å². The number of benzene rings is 1. The van der Waals surface area contributed by atoms with Gasteiger partial charge >= 0.3 is 6.18 Å².